The van der Waals surface area contributed by atoms with Crippen molar-refractivity contribution in [2.45, 2.75) is 26.6 Å². The van der Waals surface area contributed by atoms with Crippen molar-refractivity contribution in [3.8, 4) is 5.75 Å². The van der Waals surface area contributed by atoms with Crippen LogP contribution in [0.25, 0.3) is 6.08 Å². The van der Waals surface area contributed by atoms with Crippen LogP contribution < -0.4 is 4.74 Å². The van der Waals surface area contributed by atoms with Crippen molar-refractivity contribution < 1.29 is 23.8 Å². The Kier molecular flexibility index (Phi) is 3.96. The molecule has 1 aliphatic heterocycles. The zero-order valence-corrected chi connectivity index (χ0v) is 12.9. The number of hydrogen-bond donors (Lipinski definition) is 0. The second kappa shape index (κ2) is 5.41. The van der Waals surface area contributed by atoms with Gasteiger partial charge in [-0.1, -0.05) is 11.6 Å². The molecule has 0 saturated carbocycles. The summed E-state index contributed by atoms with van der Waals surface area (Å²) in [5.41, 5.74) is 1.12. The first-order chi connectivity index (χ1) is 9.73. The molecule has 2 rings (SSSR count). The van der Waals surface area contributed by atoms with Crippen molar-refractivity contribution in [2.24, 2.45) is 0 Å². The fourth-order valence-corrected chi connectivity index (χ4v) is 2.07. The third-order valence-corrected chi connectivity index (χ3v) is 3.33. The Morgan fingerprint density at radius 1 is 1.19 bits per heavy atom. The van der Waals surface area contributed by atoms with Gasteiger partial charge in [-0.15, -0.1) is 0 Å². The van der Waals surface area contributed by atoms with Crippen LogP contribution in [-0.2, 0) is 19.1 Å². The highest BCUT2D eigenvalue weighted by Gasteiger charge is 2.39. The van der Waals surface area contributed by atoms with Gasteiger partial charge in [0.15, 0.2) is 0 Å². The highest BCUT2D eigenvalue weighted by atomic mass is 35.5. The van der Waals surface area contributed by atoms with Crippen LogP contribution in [0.5, 0.6) is 5.75 Å². The Balaban J connectivity index is 2.47. The molecule has 5 nitrogen and oxygen atoms in total. The Hall–Kier alpha value is -2.01. The number of ether oxygens (including phenoxy) is 3. The lowest BCUT2D eigenvalue weighted by Gasteiger charge is -2.29. The van der Waals surface area contributed by atoms with Crippen LogP contribution in [0.2, 0.25) is 5.02 Å². The van der Waals surface area contributed by atoms with E-state index in [2.05, 4.69) is 0 Å². The molecule has 1 saturated heterocycles. The first-order valence-corrected chi connectivity index (χ1v) is 6.64. The van der Waals surface area contributed by atoms with Crippen LogP contribution in [0.3, 0.4) is 0 Å². The lowest BCUT2D eigenvalue weighted by atomic mass is 10.1. The number of aryl methyl sites for hydroxylation is 1. The van der Waals surface area contributed by atoms with Crippen LogP contribution in [0.1, 0.15) is 25.0 Å². The van der Waals surface area contributed by atoms with Gasteiger partial charge in [0, 0.05) is 24.4 Å². The predicted molar refractivity (Wildman–Crippen MR) is 77.0 cm³/mol. The summed E-state index contributed by atoms with van der Waals surface area (Å²) in [6, 6.07) is 3.33. The fraction of sp³-hybridized carbons (Fsp3) is 0.333. The van der Waals surface area contributed by atoms with E-state index in [4.69, 9.17) is 25.8 Å². The fourth-order valence-electron chi connectivity index (χ4n) is 1.89. The SMILES string of the molecule is COc1cc(C)c(Cl)cc1C=C1C(=O)OC(C)(C)OC1=O. The molecule has 112 valence electrons. The number of methoxy groups -OCH3 is 1. The first-order valence-electron chi connectivity index (χ1n) is 6.26. The summed E-state index contributed by atoms with van der Waals surface area (Å²) in [5, 5.41) is 0.500. The maximum absolute atomic E-state index is 11.9. The molecule has 0 unspecified atom stereocenters. The molecule has 0 aromatic heterocycles. The van der Waals surface area contributed by atoms with Gasteiger partial charge in [0.25, 0.3) is 5.79 Å². The number of rotatable bonds is 2. The smallest absolute Gasteiger partial charge is 0.348 e. The number of esters is 2. The Labute approximate surface area is 127 Å². The van der Waals surface area contributed by atoms with Crippen molar-refractivity contribution in [3.05, 3.63) is 33.9 Å². The number of halogens is 1. The number of cyclic esters (lactones) is 2. The number of benzene rings is 1. The summed E-state index contributed by atoms with van der Waals surface area (Å²) in [4.78, 5) is 23.8. The van der Waals surface area contributed by atoms with E-state index in [1.54, 1.807) is 12.1 Å². The van der Waals surface area contributed by atoms with E-state index in [0.717, 1.165) is 5.56 Å². The van der Waals surface area contributed by atoms with Crippen molar-refractivity contribution in [1.29, 1.82) is 0 Å². The van der Waals surface area contributed by atoms with Gasteiger partial charge in [-0.3, -0.25) is 0 Å². The molecule has 0 bridgehead atoms. The summed E-state index contributed by atoms with van der Waals surface area (Å²) >= 11 is 6.06. The Bertz CT molecular complexity index is 624. The molecule has 6 heteroatoms. The maximum Gasteiger partial charge on any atom is 0.348 e. The summed E-state index contributed by atoms with van der Waals surface area (Å²) in [6.07, 6.45) is 1.35. The van der Waals surface area contributed by atoms with Gasteiger partial charge < -0.3 is 14.2 Å². The molecule has 0 radical (unpaired) electrons. The standard InChI is InChI=1S/C15H15ClO5/c1-8-5-12(19-4)9(7-11(8)16)6-10-13(17)20-15(2,3)21-14(10)18/h5-7H,1-4H3. The van der Waals surface area contributed by atoms with E-state index in [1.807, 2.05) is 6.92 Å². The summed E-state index contributed by atoms with van der Waals surface area (Å²) in [6.45, 7) is 4.80. The predicted octanol–water partition coefficient (Wildman–Crippen LogP) is 2.88. The molecule has 1 aromatic carbocycles. The minimum Gasteiger partial charge on any atom is -0.496 e. The normalized spacial score (nSPS) is 17.1. The van der Waals surface area contributed by atoms with Crippen molar-refractivity contribution >= 4 is 29.6 Å². The minimum atomic E-state index is -1.26. The minimum absolute atomic E-state index is 0.201. The van der Waals surface area contributed by atoms with Gasteiger partial charge >= 0.3 is 11.9 Å². The molecule has 1 heterocycles. The third-order valence-electron chi connectivity index (χ3n) is 2.93. The molecule has 1 aromatic rings. The zero-order chi connectivity index (χ0) is 15.8. The zero-order valence-electron chi connectivity index (χ0n) is 12.2. The highest BCUT2D eigenvalue weighted by Crippen LogP contribution is 2.30. The molecule has 1 aliphatic rings. The lowest BCUT2D eigenvalue weighted by Crippen LogP contribution is -2.41. The summed E-state index contributed by atoms with van der Waals surface area (Å²) < 4.78 is 15.3. The molecule has 0 aliphatic carbocycles. The summed E-state index contributed by atoms with van der Waals surface area (Å²) in [5.74, 6) is -2.25. The van der Waals surface area contributed by atoms with Gasteiger partial charge in [0.2, 0.25) is 0 Å². The average molecular weight is 311 g/mol. The largest absolute Gasteiger partial charge is 0.496 e. The van der Waals surface area contributed by atoms with Crippen LogP contribution in [0.4, 0.5) is 0 Å². The molecule has 0 amide bonds. The van der Waals surface area contributed by atoms with Crippen molar-refractivity contribution in [3.63, 3.8) is 0 Å². The van der Waals surface area contributed by atoms with E-state index in [-0.39, 0.29) is 5.57 Å². The van der Waals surface area contributed by atoms with Gasteiger partial charge in [-0.2, -0.15) is 0 Å². The topological polar surface area (TPSA) is 61.8 Å². The van der Waals surface area contributed by atoms with E-state index < -0.39 is 17.7 Å². The van der Waals surface area contributed by atoms with E-state index in [9.17, 15) is 9.59 Å². The molecule has 21 heavy (non-hydrogen) atoms. The molecular weight excluding hydrogens is 296 g/mol. The van der Waals surface area contributed by atoms with E-state index >= 15 is 0 Å². The Morgan fingerprint density at radius 2 is 1.76 bits per heavy atom. The highest BCUT2D eigenvalue weighted by molar-refractivity contribution is 6.31. The lowest BCUT2D eigenvalue weighted by molar-refractivity contribution is -0.222. The van der Waals surface area contributed by atoms with Gasteiger partial charge in [0.1, 0.15) is 11.3 Å². The average Bonchev–Trinajstić information content (AvgIpc) is 2.36. The van der Waals surface area contributed by atoms with Crippen molar-refractivity contribution in [1.82, 2.24) is 0 Å². The number of carbonyl (C=O) groups is 2. The van der Waals surface area contributed by atoms with Crippen molar-refractivity contribution in [2.75, 3.05) is 7.11 Å². The Morgan fingerprint density at radius 3 is 2.29 bits per heavy atom. The molecule has 0 N–H and O–H groups in total. The molecule has 1 fully saturated rings. The number of hydrogen-bond acceptors (Lipinski definition) is 5. The molecular formula is C15H15ClO5. The quantitative estimate of drug-likeness (QED) is 0.477. The monoisotopic (exact) mass is 310 g/mol. The van der Waals surface area contributed by atoms with Crippen LogP contribution in [0, 0.1) is 6.92 Å². The van der Waals surface area contributed by atoms with E-state index in [0.29, 0.717) is 16.3 Å². The van der Waals surface area contributed by atoms with Crippen LogP contribution in [0.15, 0.2) is 17.7 Å². The molecule has 0 spiro atoms. The second-order valence-electron chi connectivity index (χ2n) is 5.08. The van der Waals surface area contributed by atoms with Gasteiger partial charge in [-0.25, -0.2) is 9.59 Å². The maximum atomic E-state index is 11.9. The summed E-state index contributed by atoms with van der Waals surface area (Å²) in [7, 11) is 1.49. The van der Waals surface area contributed by atoms with Gasteiger partial charge in [-0.05, 0) is 30.7 Å². The third kappa shape index (κ3) is 3.19. The molecule has 0 atom stereocenters. The van der Waals surface area contributed by atoms with Crippen LogP contribution in [-0.4, -0.2) is 24.8 Å². The second-order valence-corrected chi connectivity index (χ2v) is 5.49. The van der Waals surface area contributed by atoms with E-state index in [1.165, 1.54) is 27.0 Å². The number of carbonyl (C=O) groups excluding carboxylic acids is 2. The van der Waals surface area contributed by atoms with Gasteiger partial charge in [0.05, 0.1) is 7.11 Å². The first kappa shape index (κ1) is 15.4. The van der Waals surface area contributed by atoms with Crippen LogP contribution >= 0.6 is 11.6 Å².